The van der Waals surface area contributed by atoms with Gasteiger partial charge in [-0.1, -0.05) is 27.2 Å². The summed E-state index contributed by atoms with van der Waals surface area (Å²) in [5, 5.41) is 0. The third kappa shape index (κ3) is 6.87. The molecule has 0 aromatic carbocycles. The molecule has 0 bridgehead atoms. The van der Waals surface area contributed by atoms with Crippen LogP contribution in [0.15, 0.2) is 0 Å². The number of rotatable bonds is 13. The third-order valence-corrected chi connectivity index (χ3v) is 3.83. The van der Waals surface area contributed by atoms with E-state index < -0.39 is 0 Å². The maximum absolute atomic E-state index is 11.3. The summed E-state index contributed by atoms with van der Waals surface area (Å²) in [6, 6.07) is 0. The van der Waals surface area contributed by atoms with E-state index in [0.29, 0.717) is 46.1 Å². The van der Waals surface area contributed by atoms with Gasteiger partial charge in [0.05, 0.1) is 51.2 Å². The molecule has 124 valence electrons. The summed E-state index contributed by atoms with van der Waals surface area (Å²) in [5.74, 6) is 0.281. The Morgan fingerprint density at radius 3 is 1.95 bits per heavy atom. The van der Waals surface area contributed by atoms with E-state index in [0.717, 1.165) is 19.4 Å². The highest BCUT2D eigenvalue weighted by Gasteiger charge is 2.47. The Labute approximate surface area is 128 Å². The first kappa shape index (κ1) is 18.6. The molecule has 0 heterocycles. The van der Waals surface area contributed by atoms with Gasteiger partial charge in [-0.25, -0.2) is 0 Å². The summed E-state index contributed by atoms with van der Waals surface area (Å²) >= 11 is 0. The predicted molar refractivity (Wildman–Crippen MR) is 80.5 cm³/mol. The van der Waals surface area contributed by atoms with E-state index in [1.165, 1.54) is 0 Å². The van der Waals surface area contributed by atoms with Gasteiger partial charge in [0.25, 0.3) is 0 Å². The van der Waals surface area contributed by atoms with Crippen LogP contribution in [0.5, 0.6) is 0 Å². The number of ether oxygens (including phenoxy) is 4. The second-order valence-electron chi connectivity index (χ2n) is 5.90. The molecule has 0 N–H and O–H groups in total. The topological polar surface area (TPSA) is 54.0 Å². The van der Waals surface area contributed by atoms with E-state index in [-0.39, 0.29) is 17.3 Å². The van der Waals surface area contributed by atoms with Gasteiger partial charge in [0, 0.05) is 13.0 Å². The van der Waals surface area contributed by atoms with Crippen molar-refractivity contribution in [2.75, 3.05) is 46.2 Å². The standard InChI is InChI=1S/C16H30O5/c1-4-5-6-18-7-8-19-9-10-20-11-12-21-15-13-14(17)16(15,2)3/h15H,4-13H2,1-3H3. The maximum atomic E-state index is 11.3. The smallest absolute Gasteiger partial charge is 0.143 e. The Morgan fingerprint density at radius 1 is 0.952 bits per heavy atom. The molecule has 5 nitrogen and oxygen atoms in total. The highest BCUT2D eigenvalue weighted by Crippen LogP contribution is 2.38. The molecule has 0 aromatic heterocycles. The summed E-state index contributed by atoms with van der Waals surface area (Å²) < 4.78 is 21.8. The molecule has 0 radical (unpaired) electrons. The first-order valence-corrected chi connectivity index (χ1v) is 7.97. The van der Waals surface area contributed by atoms with Crippen molar-refractivity contribution in [2.24, 2.45) is 5.41 Å². The predicted octanol–water partition coefficient (Wildman–Crippen LogP) is 2.22. The minimum Gasteiger partial charge on any atom is -0.379 e. The van der Waals surface area contributed by atoms with E-state index >= 15 is 0 Å². The second kappa shape index (κ2) is 10.3. The number of hydrogen-bond acceptors (Lipinski definition) is 5. The summed E-state index contributed by atoms with van der Waals surface area (Å²) in [4.78, 5) is 11.3. The maximum Gasteiger partial charge on any atom is 0.143 e. The van der Waals surface area contributed by atoms with Crippen LogP contribution in [-0.4, -0.2) is 58.1 Å². The molecule has 5 heteroatoms. The molecule has 0 aromatic rings. The van der Waals surface area contributed by atoms with Gasteiger partial charge in [0.1, 0.15) is 5.78 Å². The average Bonchev–Trinajstić information content (AvgIpc) is 2.47. The third-order valence-electron chi connectivity index (χ3n) is 3.83. The zero-order valence-corrected chi connectivity index (χ0v) is 13.7. The summed E-state index contributed by atoms with van der Waals surface area (Å²) in [5.41, 5.74) is -0.319. The highest BCUT2D eigenvalue weighted by molar-refractivity contribution is 5.91. The van der Waals surface area contributed by atoms with Gasteiger partial charge in [-0.2, -0.15) is 0 Å². The zero-order valence-electron chi connectivity index (χ0n) is 13.7. The van der Waals surface area contributed by atoms with Crippen molar-refractivity contribution in [3.8, 4) is 0 Å². The lowest BCUT2D eigenvalue weighted by molar-refractivity contribution is -0.160. The average molecular weight is 302 g/mol. The molecular weight excluding hydrogens is 272 g/mol. The van der Waals surface area contributed by atoms with Crippen molar-refractivity contribution in [1.82, 2.24) is 0 Å². The molecular formula is C16H30O5. The van der Waals surface area contributed by atoms with Crippen LogP contribution < -0.4 is 0 Å². The fourth-order valence-corrected chi connectivity index (χ4v) is 2.04. The number of ketones is 1. The van der Waals surface area contributed by atoms with Gasteiger partial charge >= 0.3 is 0 Å². The van der Waals surface area contributed by atoms with Crippen LogP contribution in [0.1, 0.15) is 40.0 Å². The number of carbonyl (C=O) groups is 1. The fourth-order valence-electron chi connectivity index (χ4n) is 2.04. The van der Waals surface area contributed by atoms with Crippen molar-refractivity contribution >= 4 is 5.78 Å². The SMILES string of the molecule is CCCCOCCOCCOCCOC1CC(=O)C1(C)C. The highest BCUT2D eigenvalue weighted by atomic mass is 16.6. The molecule has 0 spiro atoms. The van der Waals surface area contributed by atoms with Crippen molar-refractivity contribution in [2.45, 2.75) is 46.1 Å². The van der Waals surface area contributed by atoms with Crippen LogP contribution in [-0.2, 0) is 23.7 Å². The lowest BCUT2D eigenvalue weighted by atomic mass is 9.68. The molecule has 1 aliphatic carbocycles. The Bertz CT molecular complexity index is 290. The van der Waals surface area contributed by atoms with E-state index in [1.807, 2.05) is 13.8 Å². The summed E-state index contributed by atoms with van der Waals surface area (Å²) in [7, 11) is 0. The van der Waals surface area contributed by atoms with Gasteiger partial charge in [-0.05, 0) is 6.42 Å². The summed E-state index contributed by atoms with van der Waals surface area (Å²) in [6.45, 7) is 10.3. The van der Waals surface area contributed by atoms with Crippen LogP contribution in [0.2, 0.25) is 0 Å². The number of Topliss-reactive ketones (excluding diaryl/α,β-unsaturated/α-hetero) is 1. The van der Waals surface area contributed by atoms with Gasteiger partial charge in [0.15, 0.2) is 0 Å². The Morgan fingerprint density at radius 2 is 1.48 bits per heavy atom. The molecule has 0 saturated heterocycles. The Hall–Kier alpha value is -0.490. The van der Waals surface area contributed by atoms with E-state index in [1.54, 1.807) is 0 Å². The zero-order chi connectivity index (χ0) is 15.6. The Kier molecular flexibility index (Phi) is 9.08. The van der Waals surface area contributed by atoms with Crippen molar-refractivity contribution in [3.63, 3.8) is 0 Å². The molecule has 1 unspecified atom stereocenters. The number of hydrogen-bond donors (Lipinski definition) is 0. The van der Waals surface area contributed by atoms with Crippen molar-refractivity contribution < 1.29 is 23.7 Å². The molecule has 1 saturated carbocycles. The number of unbranched alkanes of at least 4 members (excludes halogenated alkanes) is 1. The van der Waals surface area contributed by atoms with Crippen molar-refractivity contribution in [3.05, 3.63) is 0 Å². The summed E-state index contributed by atoms with van der Waals surface area (Å²) in [6.07, 6.45) is 2.84. The molecule has 21 heavy (non-hydrogen) atoms. The first-order chi connectivity index (χ1) is 10.1. The Balaban J connectivity index is 1.78. The van der Waals surface area contributed by atoms with Crippen LogP contribution in [0.3, 0.4) is 0 Å². The van der Waals surface area contributed by atoms with Crippen LogP contribution in [0, 0.1) is 5.41 Å². The number of carbonyl (C=O) groups excluding carboxylic acids is 1. The molecule has 0 amide bonds. The lowest BCUT2D eigenvalue weighted by Gasteiger charge is -2.41. The van der Waals surface area contributed by atoms with Gasteiger partial charge in [0.2, 0.25) is 0 Å². The molecule has 1 fully saturated rings. The minimum atomic E-state index is -0.319. The lowest BCUT2D eigenvalue weighted by Crippen LogP contribution is -2.51. The fraction of sp³-hybridized carbons (Fsp3) is 0.938. The van der Waals surface area contributed by atoms with Gasteiger partial charge in [-0.3, -0.25) is 4.79 Å². The largest absolute Gasteiger partial charge is 0.379 e. The normalized spacial score (nSPS) is 20.5. The molecule has 1 aliphatic rings. The van der Waals surface area contributed by atoms with Crippen LogP contribution >= 0.6 is 0 Å². The first-order valence-electron chi connectivity index (χ1n) is 7.97. The van der Waals surface area contributed by atoms with Crippen molar-refractivity contribution in [1.29, 1.82) is 0 Å². The van der Waals surface area contributed by atoms with E-state index in [4.69, 9.17) is 18.9 Å². The van der Waals surface area contributed by atoms with Gasteiger partial charge in [-0.15, -0.1) is 0 Å². The molecule has 0 aliphatic heterocycles. The second-order valence-corrected chi connectivity index (χ2v) is 5.90. The monoisotopic (exact) mass is 302 g/mol. The van der Waals surface area contributed by atoms with E-state index in [9.17, 15) is 4.79 Å². The quantitative estimate of drug-likeness (QED) is 0.488. The van der Waals surface area contributed by atoms with Gasteiger partial charge < -0.3 is 18.9 Å². The molecule has 1 rings (SSSR count). The van der Waals surface area contributed by atoms with Crippen LogP contribution in [0.4, 0.5) is 0 Å². The molecule has 1 atom stereocenters. The van der Waals surface area contributed by atoms with E-state index in [2.05, 4.69) is 6.92 Å². The van der Waals surface area contributed by atoms with Crippen LogP contribution in [0.25, 0.3) is 0 Å². The minimum absolute atomic E-state index is 0.0464.